The number of rotatable bonds is 5. The molecule has 5 nitrogen and oxygen atoms in total. The van der Waals surface area contributed by atoms with Gasteiger partial charge in [0, 0.05) is 24.5 Å². The van der Waals surface area contributed by atoms with Crippen molar-refractivity contribution < 1.29 is 9.66 Å². The van der Waals surface area contributed by atoms with Gasteiger partial charge in [-0.15, -0.1) is 0 Å². The van der Waals surface area contributed by atoms with Crippen molar-refractivity contribution in [3.63, 3.8) is 0 Å². The SMILES string of the molecule is O=[N+]([O-])c1cc(CCCN2CCOCC2)cs1. The first-order chi connectivity index (χ1) is 8.25. The van der Waals surface area contributed by atoms with Crippen LogP contribution in [0.5, 0.6) is 0 Å². The van der Waals surface area contributed by atoms with Crippen LogP contribution < -0.4 is 0 Å². The predicted molar refractivity (Wildman–Crippen MR) is 66.6 cm³/mol. The standard InChI is InChI=1S/C11H16N2O3S/c14-13(15)11-8-10(9-17-11)2-1-3-12-4-6-16-7-5-12/h8-9H,1-7H2. The van der Waals surface area contributed by atoms with Gasteiger partial charge in [0.2, 0.25) is 0 Å². The molecule has 0 N–H and O–H groups in total. The number of nitro groups is 1. The van der Waals surface area contributed by atoms with Gasteiger partial charge < -0.3 is 4.74 Å². The summed E-state index contributed by atoms with van der Waals surface area (Å²) < 4.78 is 5.28. The number of aryl methyl sites for hydroxylation is 1. The molecule has 2 rings (SSSR count). The third-order valence-corrected chi connectivity index (χ3v) is 3.79. The van der Waals surface area contributed by atoms with Crippen molar-refractivity contribution in [2.75, 3.05) is 32.8 Å². The quantitative estimate of drug-likeness (QED) is 0.596. The highest BCUT2D eigenvalue weighted by Crippen LogP contribution is 2.23. The Morgan fingerprint density at radius 2 is 2.24 bits per heavy atom. The van der Waals surface area contributed by atoms with E-state index in [1.165, 1.54) is 11.3 Å². The van der Waals surface area contributed by atoms with Crippen LogP contribution in [0, 0.1) is 10.1 Å². The Morgan fingerprint density at radius 1 is 1.47 bits per heavy atom. The van der Waals surface area contributed by atoms with E-state index in [-0.39, 0.29) is 9.92 Å². The molecule has 1 aliphatic rings. The highest BCUT2D eigenvalue weighted by molar-refractivity contribution is 7.13. The van der Waals surface area contributed by atoms with E-state index in [0.717, 1.165) is 51.3 Å². The normalized spacial score (nSPS) is 17.2. The van der Waals surface area contributed by atoms with Crippen LogP contribution in [0.1, 0.15) is 12.0 Å². The van der Waals surface area contributed by atoms with E-state index in [1.807, 2.05) is 5.38 Å². The molecule has 0 atom stereocenters. The minimum Gasteiger partial charge on any atom is -0.379 e. The molecule has 94 valence electrons. The van der Waals surface area contributed by atoms with E-state index in [1.54, 1.807) is 6.07 Å². The molecule has 0 spiro atoms. The lowest BCUT2D eigenvalue weighted by Gasteiger charge is -2.26. The number of nitrogens with zero attached hydrogens (tertiary/aromatic N) is 2. The molecule has 1 aliphatic heterocycles. The van der Waals surface area contributed by atoms with Crippen LogP contribution in [0.4, 0.5) is 5.00 Å². The van der Waals surface area contributed by atoms with Crippen molar-refractivity contribution in [3.05, 3.63) is 27.1 Å². The maximum Gasteiger partial charge on any atom is 0.324 e. The summed E-state index contributed by atoms with van der Waals surface area (Å²) in [6, 6.07) is 1.68. The molecular formula is C11H16N2O3S. The Hall–Kier alpha value is -0.980. The number of hydrogen-bond acceptors (Lipinski definition) is 5. The smallest absolute Gasteiger partial charge is 0.324 e. The molecule has 1 aromatic rings. The van der Waals surface area contributed by atoms with Crippen LogP contribution in [0.25, 0.3) is 0 Å². The fraction of sp³-hybridized carbons (Fsp3) is 0.636. The van der Waals surface area contributed by atoms with E-state index in [2.05, 4.69) is 4.90 Å². The van der Waals surface area contributed by atoms with Crippen LogP contribution in [-0.4, -0.2) is 42.7 Å². The highest BCUT2D eigenvalue weighted by atomic mass is 32.1. The Bertz CT molecular complexity index is 375. The van der Waals surface area contributed by atoms with Crippen LogP contribution in [0.3, 0.4) is 0 Å². The van der Waals surface area contributed by atoms with Crippen molar-refractivity contribution in [1.82, 2.24) is 4.90 Å². The van der Waals surface area contributed by atoms with Gasteiger partial charge in [-0.3, -0.25) is 15.0 Å². The van der Waals surface area contributed by atoms with Crippen LogP contribution in [0.15, 0.2) is 11.4 Å². The van der Waals surface area contributed by atoms with Gasteiger partial charge in [0.1, 0.15) is 0 Å². The van der Waals surface area contributed by atoms with Gasteiger partial charge in [0.05, 0.1) is 18.1 Å². The second-order valence-corrected chi connectivity index (χ2v) is 5.00. The fourth-order valence-electron chi connectivity index (χ4n) is 1.92. The molecule has 17 heavy (non-hydrogen) atoms. The van der Waals surface area contributed by atoms with Gasteiger partial charge in [0.25, 0.3) is 0 Å². The summed E-state index contributed by atoms with van der Waals surface area (Å²) in [5.41, 5.74) is 1.08. The summed E-state index contributed by atoms with van der Waals surface area (Å²) in [7, 11) is 0. The summed E-state index contributed by atoms with van der Waals surface area (Å²) in [5, 5.41) is 12.7. The Morgan fingerprint density at radius 3 is 2.88 bits per heavy atom. The number of ether oxygens (including phenoxy) is 1. The molecule has 0 aliphatic carbocycles. The van der Waals surface area contributed by atoms with Gasteiger partial charge in [0.15, 0.2) is 0 Å². The van der Waals surface area contributed by atoms with Crippen LogP contribution in [-0.2, 0) is 11.2 Å². The van der Waals surface area contributed by atoms with E-state index < -0.39 is 0 Å². The molecule has 1 aromatic heterocycles. The van der Waals surface area contributed by atoms with Gasteiger partial charge in [-0.05, 0) is 24.9 Å². The van der Waals surface area contributed by atoms with Gasteiger partial charge in [-0.25, -0.2) is 0 Å². The monoisotopic (exact) mass is 256 g/mol. The minimum atomic E-state index is -0.323. The molecule has 0 amide bonds. The highest BCUT2D eigenvalue weighted by Gasteiger charge is 2.11. The van der Waals surface area contributed by atoms with Gasteiger partial charge >= 0.3 is 5.00 Å². The molecule has 1 fully saturated rings. The first-order valence-electron chi connectivity index (χ1n) is 5.77. The lowest BCUT2D eigenvalue weighted by molar-refractivity contribution is -0.380. The molecule has 6 heteroatoms. The maximum absolute atomic E-state index is 10.5. The molecule has 0 radical (unpaired) electrons. The molecule has 0 unspecified atom stereocenters. The van der Waals surface area contributed by atoms with Crippen molar-refractivity contribution >= 4 is 16.3 Å². The van der Waals surface area contributed by atoms with Crippen molar-refractivity contribution in [3.8, 4) is 0 Å². The average molecular weight is 256 g/mol. The van der Waals surface area contributed by atoms with Gasteiger partial charge in [-0.1, -0.05) is 11.3 Å². The van der Waals surface area contributed by atoms with Crippen molar-refractivity contribution in [1.29, 1.82) is 0 Å². The van der Waals surface area contributed by atoms with Crippen molar-refractivity contribution in [2.24, 2.45) is 0 Å². The number of thiophene rings is 1. The maximum atomic E-state index is 10.5. The van der Waals surface area contributed by atoms with Gasteiger partial charge in [-0.2, -0.15) is 0 Å². The first kappa shape index (κ1) is 12.5. The lowest BCUT2D eigenvalue weighted by atomic mass is 10.2. The first-order valence-corrected chi connectivity index (χ1v) is 6.65. The van der Waals surface area contributed by atoms with E-state index in [4.69, 9.17) is 4.74 Å². The Balaban J connectivity index is 1.71. The zero-order chi connectivity index (χ0) is 12.1. The predicted octanol–water partition coefficient (Wildman–Crippen LogP) is 1.92. The number of morpholine rings is 1. The van der Waals surface area contributed by atoms with E-state index in [9.17, 15) is 10.1 Å². The zero-order valence-electron chi connectivity index (χ0n) is 9.63. The lowest BCUT2D eigenvalue weighted by Crippen LogP contribution is -2.36. The molecule has 0 saturated carbocycles. The molecule has 1 saturated heterocycles. The summed E-state index contributed by atoms with van der Waals surface area (Å²) in [6.45, 7) is 4.70. The second kappa shape index (κ2) is 6.09. The third kappa shape index (κ3) is 3.76. The Labute approximate surface area is 104 Å². The third-order valence-electron chi connectivity index (χ3n) is 2.86. The van der Waals surface area contributed by atoms with Crippen LogP contribution >= 0.6 is 11.3 Å². The van der Waals surface area contributed by atoms with Crippen LogP contribution in [0.2, 0.25) is 0 Å². The van der Waals surface area contributed by atoms with E-state index in [0.29, 0.717) is 0 Å². The molecule has 0 aromatic carbocycles. The summed E-state index contributed by atoms with van der Waals surface area (Å²) in [6.07, 6.45) is 1.97. The summed E-state index contributed by atoms with van der Waals surface area (Å²) in [5.74, 6) is 0. The number of hydrogen-bond donors (Lipinski definition) is 0. The Kier molecular flexibility index (Phi) is 4.47. The fourth-order valence-corrected chi connectivity index (χ4v) is 2.68. The van der Waals surface area contributed by atoms with E-state index >= 15 is 0 Å². The minimum absolute atomic E-state index is 0.242. The molecule has 0 bridgehead atoms. The summed E-state index contributed by atoms with van der Waals surface area (Å²) >= 11 is 1.21. The molecular weight excluding hydrogens is 240 g/mol. The molecule has 2 heterocycles. The topological polar surface area (TPSA) is 55.6 Å². The average Bonchev–Trinajstić information content (AvgIpc) is 2.79. The summed E-state index contributed by atoms with van der Waals surface area (Å²) in [4.78, 5) is 12.6. The largest absolute Gasteiger partial charge is 0.379 e. The van der Waals surface area contributed by atoms with Crippen molar-refractivity contribution in [2.45, 2.75) is 12.8 Å². The second-order valence-electron chi connectivity index (χ2n) is 4.11. The zero-order valence-corrected chi connectivity index (χ0v) is 10.4.